The maximum absolute atomic E-state index is 13.3. The zero-order valence-corrected chi connectivity index (χ0v) is 14.2. The summed E-state index contributed by atoms with van der Waals surface area (Å²) in [4.78, 5) is 17.6. The molecule has 0 aliphatic heterocycles. The van der Waals surface area contributed by atoms with E-state index in [2.05, 4.69) is 10.4 Å². The highest BCUT2D eigenvalue weighted by Gasteiger charge is 2.13. The molecule has 0 saturated carbocycles. The van der Waals surface area contributed by atoms with E-state index in [1.54, 1.807) is 48.5 Å². The Labute approximate surface area is 153 Å². The molecular weight excluding hydrogens is 348 g/mol. The van der Waals surface area contributed by atoms with E-state index in [4.69, 9.17) is 0 Å². The van der Waals surface area contributed by atoms with Gasteiger partial charge < -0.3 is 5.43 Å². The zero-order valence-electron chi connectivity index (χ0n) is 14.2. The minimum Gasteiger partial charge on any atom is -0.317 e. The van der Waals surface area contributed by atoms with Crippen molar-refractivity contribution in [3.8, 4) is 11.4 Å². The second-order valence-electron chi connectivity index (χ2n) is 6.06. The number of fused-ring (bicyclic) bond motifs is 1. The number of hydrogen-bond acceptors (Lipinski definition) is 3. The minimum atomic E-state index is -0.368. The van der Waals surface area contributed by atoms with Crippen LogP contribution in [0.4, 0.5) is 8.78 Å². The average molecular weight is 363 g/mol. The van der Waals surface area contributed by atoms with Gasteiger partial charge in [0.2, 0.25) is 0 Å². The van der Waals surface area contributed by atoms with Crippen molar-refractivity contribution < 1.29 is 8.78 Å². The lowest BCUT2D eigenvalue weighted by Crippen LogP contribution is -2.31. The molecule has 0 radical (unpaired) electrons. The molecule has 0 aliphatic rings. The number of aromatic nitrogens is 2. The van der Waals surface area contributed by atoms with Crippen molar-refractivity contribution in [2.75, 3.05) is 5.43 Å². The molecule has 0 bridgehead atoms. The third-order valence-corrected chi connectivity index (χ3v) is 4.23. The molecule has 1 N–H and O–H groups in total. The summed E-state index contributed by atoms with van der Waals surface area (Å²) in [6.07, 6.45) is 0. The van der Waals surface area contributed by atoms with E-state index in [1.807, 2.05) is 0 Å². The zero-order chi connectivity index (χ0) is 18.8. The van der Waals surface area contributed by atoms with Crippen molar-refractivity contribution >= 4 is 10.9 Å². The number of halogens is 2. The van der Waals surface area contributed by atoms with E-state index in [9.17, 15) is 13.6 Å². The first-order valence-electron chi connectivity index (χ1n) is 8.38. The normalized spacial score (nSPS) is 10.9. The maximum atomic E-state index is 13.3. The molecule has 0 fully saturated rings. The van der Waals surface area contributed by atoms with Crippen LogP contribution >= 0.6 is 0 Å². The number of nitrogens with one attached hydrogen (secondary N) is 1. The first kappa shape index (κ1) is 16.9. The van der Waals surface area contributed by atoms with Gasteiger partial charge in [-0.2, -0.15) is 0 Å². The summed E-state index contributed by atoms with van der Waals surface area (Å²) in [5.74, 6) is -0.316. The third kappa shape index (κ3) is 3.42. The number of hydrogen-bond donors (Lipinski definition) is 1. The first-order chi connectivity index (χ1) is 13.1. The molecule has 6 heteroatoms. The smallest absolute Gasteiger partial charge is 0.280 e. The Morgan fingerprint density at radius 2 is 1.48 bits per heavy atom. The second kappa shape index (κ2) is 6.99. The van der Waals surface area contributed by atoms with Crippen molar-refractivity contribution in [1.82, 2.24) is 9.66 Å². The van der Waals surface area contributed by atoms with Gasteiger partial charge in [-0.25, -0.2) is 18.4 Å². The highest BCUT2D eigenvalue weighted by molar-refractivity contribution is 5.79. The van der Waals surface area contributed by atoms with Gasteiger partial charge in [0.1, 0.15) is 11.6 Å². The van der Waals surface area contributed by atoms with Gasteiger partial charge in [0.15, 0.2) is 5.82 Å². The van der Waals surface area contributed by atoms with Crippen molar-refractivity contribution in [3.05, 3.63) is 100 Å². The van der Waals surface area contributed by atoms with Crippen LogP contribution in [0, 0.1) is 11.6 Å². The maximum Gasteiger partial charge on any atom is 0.280 e. The van der Waals surface area contributed by atoms with Crippen LogP contribution in [0.2, 0.25) is 0 Å². The van der Waals surface area contributed by atoms with E-state index in [-0.39, 0.29) is 17.2 Å². The molecule has 4 aromatic rings. The molecule has 3 aromatic carbocycles. The Balaban J connectivity index is 1.82. The lowest BCUT2D eigenvalue weighted by molar-refractivity contribution is 0.626. The lowest BCUT2D eigenvalue weighted by atomic mass is 10.2. The van der Waals surface area contributed by atoms with Gasteiger partial charge in [-0.15, -0.1) is 0 Å². The highest BCUT2D eigenvalue weighted by Crippen LogP contribution is 2.19. The molecule has 4 nitrogen and oxygen atoms in total. The van der Waals surface area contributed by atoms with Crippen LogP contribution in [0.1, 0.15) is 5.56 Å². The van der Waals surface area contributed by atoms with Gasteiger partial charge >= 0.3 is 0 Å². The van der Waals surface area contributed by atoms with E-state index in [0.717, 1.165) is 5.56 Å². The molecule has 0 unspecified atom stereocenters. The van der Waals surface area contributed by atoms with E-state index < -0.39 is 0 Å². The van der Waals surface area contributed by atoms with Gasteiger partial charge in [0.25, 0.3) is 5.56 Å². The summed E-state index contributed by atoms with van der Waals surface area (Å²) in [6, 6.07) is 18.8. The Morgan fingerprint density at radius 1 is 0.852 bits per heavy atom. The summed E-state index contributed by atoms with van der Waals surface area (Å²) >= 11 is 0. The van der Waals surface area contributed by atoms with Crippen LogP contribution in [-0.2, 0) is 6.54 Å². The molecule has 0 atom stereocenters. The average Bonchev–Trinajstić information content (AvgIpc) is 2.69. The number of para-hydroxylation sites is 1. The molecule has 1 aromatic heterocycles. The first-order valence-corrected chi connectivity index (χ1v) is 8.38. The quantitative estimate of drug-likeness (QED) is 0.594. The van der Waals surface area contributed by atoms with Gasteiger partial charge in [-0.05, 0) is 54.1 Å². The summed E-state index contributed by atoms with van der Waals surface area (Å²) in [7, 11) is 0. The van der Waals surface area contributed by atoms with Crippen molar-refractivity contribution in [2.24, 2.45) is 0 Å². The third-order valence-electron chi connectivity index (χ3n) is 4.23. The molecule has 27 heavy (non-hydrogen) atoms. The Bertz CT molecular complexity index is 1150. The summed E-state index contributed by atoms with van der Waals surface area (Å²) < 4.78 is 27.7. The fourth-order valence-corrected chi connectivity index (χ4v) is 2.84. The molecule has 0 spiro atoms. The number of benzene rings is 3. The van der Waals surface area contributed by atoms with Crippen LogP contribution < -0.4 is 11.0 Å². The predicted molar refractivity (Wildman–Crippen MR) is 101 cm³/mol. The van der Waals surface area contributed by atoms with Gasteiger partial charge in [-0.3, -0.25) is 4.79 Å². The van der Waals surface area contributed by atoms with Crippen LogP contribution in [0.5, 0.6) is 0 Å². The van der Waals surface area contributed by atoms with Gasteiger partial charge in [-0.1, -0.05) is 24.3 Å². The largest absolute Gasteiger partial charge is 0.317 e. The molecular formula is C21H15F2N3O. The highest BCUT2D eigenvalue weighted by atomic mass is 19.1. The van der Waals surface area contributed by atoms with Crippen molar-refractivity contribution in [2.45, 2.75) is 6.54 Å². The molecule has 0 saturated heterocycles. The van der Waals surface area contributed by atoms with E-state index in [0.29, 0.717) is 28.8 Å². The van der Waals surface area contributed by atoms with Crippen molar-refractivity contribution in [3.63, 3.8) is 0 Å². The SMILES string of the molecule is O=c1c2ccccc2nc(-c2ccc(F)cc2)n1NCc1ccc(F)cc1. The van der Waals surface area contributed by atoms with E-state index in [1.165, 1.54) is 28.9 Å². The fraction of sp³-hybridized carbons (Fsp3) is 0.0476. The topological polar surface area (TPSA) is 46.9 Å². The Hall–Kier alpha value is -3.54. The summed E-state index contributed by atoms with van der Waals surface area (Å²) in [5.41, 5.74) is 4.75. The number of nitrogens with zero attached hydrogens (tertiary/aromatic N) is 2. The second-order valence-corrected chi connectivity index (χ2v) is 6.06. The summed E-state index contributed by atoms with van der Waals surface area (Å²) in [6.45, 7) is 0.300. The van der Waals surface area contributed by atoms with Gasteiger partial charge in [0, 0.05) is 5.56 Å². The molecule has 0 aliphatic carbocycles. The standard InChI is InChI=1S/C21H15F2N3O/c22-16-9-5-14(6-10-16)13-24-26-20(15-7-11-17(23)12-8-15)25-19-4-2-1-3-18(19)21(26)27/h1-12,24H,13H2. The van der Waals surface area contributed by atoms with Crippen LogP contribution in [0.25, 0.3) is 22.3 Å². The Morgan fingerprint density at radius 3 is 2.19 bits per heavy atom. The van der Waals surface area contributed by atoms with E-state index >= 15 is 0 Å². The molecule has 4 rings (SSSR count). The lowest BCUT2D eigenvalue weighted by Gasteiger charge is -2.15. The summed E-state index contributed by atoms with van der Waals surface area (Å²) in [5, 5.41) is 0.468. The molecule has 134 valence electrons. The van der Waals surface area contributed by atoms with Crippen LogP contribution in [-0.4, -0.2) is 9.66 Å². The number of rotatable bonds is 4. The fourth-order valence-electron chi connectivity index (χ4n) is 2.84. The van der Waals surface area contributed by atoms with Crippen LogP contribution in [0.15, 0.2) is 77.6 Å². The van der Waals surface area contributed by atoms with Crippen molar-refractivity contribution in [1.29, 1.82) is 0 Å². The molecule has 0 amide bonds. The van der Waals surface area contributed by atoms with Gasteiger partial charge in [0.05, 0.1) is 17.4 Å². The minimum absolute atomic E-state index is 0.262. The van der Waals surface area contributed by atoms with Crippen LogP contribution in [0.3, 0.4) is 0 Å². The monoisotopic (exact) mass is 363 g/mol. The Kier molecular flexibility index (Phi) is 4.38. The predicted octanol–water partition coefficient (Wildman–Crippen LogP) is 4.09. The molecule has 1 heterocycles.